The monoisotopic (exact) mass is 378 g/mol. The molecule has 6 heteroatoms. The van der Waals surface area contributed by atoms with Crippen LogP contribution in [0.1, 0.15) is 52.4 Å². The van der Waals surface area contributed by atoms with Crippen LogP contribution in [0, 0.1) is 23.2 Å². The number of hydrogen-bond donors (Lipinski definition) is 1. The minimum Gasteiger partial charge on any atom is -0.274 e. The van der Waals surface area contributed by atoms with Crippen molar-refractivity contribution in [3.63, 3.8) is 0 Å². The fourth-order valence-electron chi connectivity index (χ4n) is 6.18. The van der Waals surface area contributed by atoms with Crippen LogP contribution >= 0.6 is 0 Å². The van der Waals surface area contributed by atoms with Gasteiger partial charge in [-0.05, 0) is 62.3 Å². The van der Waals surface area contributed by atoms with Gasteiger partial charge < -0.3 is 0 Å². The number of H-pyrrole nitrogens is 1. The molecule has 4 aliphatic rings. The molecule has 0 radical (unpaired) electrons. The van der Waals surface area contributed by atoms with Gasteiger partial charge in [0.15, 0.2) is 0 Å². The summed E-state index contributed by atoms with van der Waals surface area (Å²) in [6.45, 7) is 5.73. The number of sulfonamides is 1. The van der Waals surface area contributed by atoms with E-state index in [-0.39, 0.29) is 0 Å². The summed E-state index contributed by atoms with van der Waals surface area (Å²) in [6, 6.07) is 3.59. The number of pyridine rings is 1. The van der Waals surface area contributed by atoms with E-state index in [0.29, 0.717) is 23.4 Å². The van der Waals surface area contributed by atoms with Gasteiger partial charge in [0, 0.05) is 24.6 Å². The van der Waals surface area contributed by atoms with Crippen molar-refractivity contribution in [1.82, 2.24) is 4.31 Å². The molecule has 1 aromatic rings. The zero-order chi connectivity index (χ0) is 18.4. The highest BCUT2D eigenvalue weighted by atomic mass is 32.2. The van der Waals surface area contributed by atoms with Crippen molar-refractivity contribution in [2.45, 2.75) is 57.3 Å². The second-order valence-electron chi connectivity index (χ2n) is 8.80. The lowest BCUT2D eigenvalue weighted by Crippen LogP contribution is -2.49. The van der Waals surface area contributed by atoms with Crippen molar-refractivity contribution >= 4 is 15.8 Å². The summed E-state index contributed by atoms with van der Waals surface area (Å²) in [7, 11) is -3.40. The van der Waals surface area contributed by atoms with E-state index < -0.39 is 10.0 Å². The number of rotatable bonds is 7. The van der Waals surface area contributed by atoms with E-state index in [2.05, 4.69) is 10.3 Å². The number of nitrogens with one attached hydrogen (secondary N) is 2. The third-order valence-corrected chi connectivity index (χ3v) is 8.99. The summed E-state index contributed by atoms with van der Waals surface area (Å²) < 4.78 is 26.6. The summed E-state index contributed by atoms with van der Waals surface area (Å²) in [5.74, 6) is 3.77. The van der Waals surface area contributed by atoms with Crippen LogP contribution in [0.2, 0.25) is 0 Å². The number of nitrogens with zero attached hydrogens (tertiary/aromatic N) is 1. The molecule has 0 amide bonds. The molecule has 4 saturated carbocycles. The summed E-state index contributed by atoms with van der Waals surface area (Å²) in [5.41, 5.74) is 0.467. The van der Waals surface area contributed by atoms with Gasteiger partial charge in [-0.15, -0.1) is 0 Å². The third-order valence-electron chi connectivity index (χ3n) is 6.95. The number of aromatic amines is 1. The van der Waals surface area contributed by atoms with Gasteiger partial charge in [0.2, 0.25) is 10.0 Å². The van der Waals surface area contributed by atoms with Crippen LogP contribution in [0.25, 0.3) is 0 Å². The standard InChI is InChI=1S/C20H31N3O2S/c1-3-23(4-2)26(24,25)18-5-6-19(21-13-18)22-14-20-10-15-7-16(11-20)9-17(8-15)12-20/h5-6,13,15-17H,3-4,7-12,14H2,1-2H3,(H,21,22)/p+1. The van der Waals surface area contributed by atoms with Crippen LogP contribution in [0.3, 0.4) is 0 Å². The maximum Gasteiger partial charge on any atom is 0.272 e. The minimum atomic E-state index is -3.40. The third kappa shape index (κ3) is 3.26. The maximum atomic E-state index is 12.6. The maximum absolute atomic E-state index is 12.6. The normalized spacial score (nSPS) is 33.0. The molecule has 0 aliphatic heterocycles. The molecule has 0 spiro atoms. The van der Waals surface area contributed by atoms with Crippen LogP contribution in [0.4, 0.5) is 5.82 Å². The number of anilines is 1. The van der Waals surface area contributed by atoms with Crippen molar-refractivity contribution in [1.29, 1.82) is 0 Å². The topological polar surface area (TPSA) is 63.6 Å². The zero-order valence-electron chi connectivity index (χ0n) is 16.0. The predicted molar refractivity (Wildman–Crippen MR) is 102 cm³/mol. The second-order valence-corrected chi connectivity index (χ2v) is 10.7. The van der Waals surface area contributed by atoms with Gasteiger partial charge in [0.05, 0.1) is 6.54 Å². The molecule has 5 nitrogen and oxygen atoms in total. The molecule has 1 heterocycles. The van der Waals surface area contributed by atoms with Crippen molar-refractivity contribution in [3.8, 4) is 0 Å². The largest absolute Gasteiger partial charge is 0.274 e. The minimum absolute atomic E-state index is 0.335. The molecule has 4 bridgehead atoms. The number of hydrogen-bond acceptors (Lipinski definition) is 3. The highest BCUT2D eigenvalue weighted by Gasteiger charge is 2.51. The Morgan fingerprint density at radius 2 is 1.65 bits per heavy atom. The predicted octanol–water partition coefficient (Wildman–Crippen LogP) is 3.16. The van der Waals surface area contributed by atoms with E-state index in [4.69, 9.17) is 0 Å². The molecule has 144 valence electrons. The van der Waals surface area contributed by atoms with Crippen LogP contribution in [0.15, 0.2) is 23.2 Å². The molecule has 4 aliphatic carbocycles. The summed E-state index contributed by atoms with van der Waals surface area (Å²) in [6.07, 6.45) is 10.1. The first kappa shape index (κ1) is 18.2. The van der Waals surface area contributed by atoms with Crippen LogP contribution in [0.5, 0.6) is 0 Å². The molecule has 0 aromatic carbocycles. The van der Waals surface area contributed by atoms with Gasteiger partial charge in [0.1, 0.15) is 11.1 Å². The van der Waals surface area contributed by atoms with Crippen molar-refractivity contribution in [3.05, 3.63) is 18.3 Å². The lowest BCUT2D eigenvalue weighted by molar-refractivity contribution is -0.364. The molecule has 5 rings (SSSR count). The fraction of sp³-hybridized carbons (Fsp3) is 0.750. The molecule has 1 aromatic heterocycles. The Hall–Kier alpha value is -1.14. The second kappa shape index (κ2) is 6.79. The van der Waals surface area contributed by atoms with E-state index in [0.717, 1.165) is 30.1 Å². The lowest BCUT2D eigenvalue weighted by atomic mass is 9.49. The van der Waals surface area contributed by atoms with Crippen LogP contribution < -0.4 is 10.3 Å². The van der Waals surface area contributed by atoms with E-state index in [1.165, 1.54) is 42.8 Å². The molecule has 2 N–H and O–H groups in total. The van der Waals surface area contributed by atoms with Crippen LogP contribution in [-0.4, -0.2) is 32.4 Å². The first-order valence-electron chi connectivity index (χ1n) is 10.2. The lowest BCUT2D eigenvalue weighted by Gasteiger charge is -2.56. The molecule has 0 saturated heterocycles. The Morgan fingerprint density at radius 1 is 1.08 bits per heavy atom. The van der Waals surface area contributed by atoms with E-state index in [1.807, 2.05) is 19.9 Å². The van der Waals surface area contributed by atoms with Crippen molar-refractivity contribution in [2.24, 2.45) is 23.2 Å². The van der Waals surface area contributed by atoms with Gasteiger partial charge in [0.25, 0.3) is 5.82 Å². The first-order valence-corrected chi connectivity index (χ1v) is 11.6. The zero-order valence-corrected chi connectivity index (χ0v) is 16.8. The summed E-state index contributed by atoms with van der Waals surface area (Å²) >= 11 is 0. The SMILES string of the molecule is CCN(CC)S(=O)(=O)c1ccc(NCC23CC4CC(CC(C4)C2)C3)[nH+]c1. The molecule has 0 unspecified atom stereocenters. The highest BCUT2D eigenvalue weighted by Crippen LogP contribution is 2.59. The molecular formula is C20H32N3O2S+. The van der Waals surface area contributed by atoms with Gasteiger partial charge in [-0.2, -0.15) is 4.31 Å². The van der Waals surface area contributed by atoms with E-state index >= 15 is 0 Å². The Bertz CT molecular complexity index is 706. The summed E-state index contributed by atoms with van der Waals surface area (Å²) in [5, 5.41) is 3.57. The van der Waals surface area contributed by atoms with Crippen molar-refractivity contribution in [2.75, 3.05) is 25.0 Å². The van der Waals surface area contributed by atoms with E-state index in [1.54, 1.807) is 12.3 Å². The molecule has 0 atom stereocenters. The van der Waals surface area contributed by atoms with Gasteiger partial charge >= 0.3 is 0 Å². The first-order chi connectivity index (χ1) is 12.4. The average Bonchev–Trinajstić information content (AvgIpc) is 2.60. The highest BCUT2D eigenvalue weighted by molar-refractivity contribution is 7.89. The van der Waals surface area contributed by atoms with Gasteiger partial charge in [-0.3, -0.25) is 5.32 Å². The molecule has 4 fully saturated rings. The summed E-state index contributed by atoms with van der Waals surface area (Å²) in [4.78, 5) is 3.50. The Labute approximate surface area is 157 Å². The average molecular weight is 379 g/mol. The van der Waals surface area contributed by atoms with Crippen molar-refractivity contribution < 1.29 is 13.4 Å². The van der Waals surface area contributed by atoms with Gasteiger partial charge in [-0.1, -0.05) is 13.8 Å². The molecular weight excluding hydrogens is 346 g/mol. The smallest absolute Gasteiger partial charge is 0.272 e. The Balaban J connectivity index is 1.42. The number of aromatic nitrogens is 1. The van der Waals surface area contributed by atoms with Gasteiger partial charge in [-0.25, -0.2) is 13.4 Å². The van der Waals surface area contributed by atoms with E-state index in [9.17, 15) is 8.42 Å². The quantitative estimate of drug-likeness (QED) is 0.793. The Morgan fingerprint density at radius 3 is 2.12 bits per heavy atom. The molecule has 26 heavy (non-hydrogen) atoms. The van der Waals surface area contributed by atoms with Crippen LogP contribution in [-0.2, 0) is 10.0 Å². The fourth-order valence-corrected chi connectivity index (χ4v) is 7.61. The Kier molecular flexibility index (Phi) is 4.76.